The smallest absolute Gasteiger partial charge is 0.246 e. The van der Waals surface area contributed by atoms with Gasteiger partial charge in [-0.15, -0.1) is 11.8 Å². The summed E-state index contributed by atoms with van der Waals surface area (Å²) in [5.41, 5.74) is 1.86. The average molecular weight is 344 g/mol. The van der Waals surface area contributed by atoms with Gasteiger partial charge >= 0.3 is 0 Å². The van der Waals surface area contributed by atoms with Gasteiger partial charge in [-0.3, -0.25) is 9.59 Å². The highest BCUT2D eigenvalue weighted by atomic mass is 32.2. The molecular weight excluding hydrogens is 324 g/mol. The van der Waals surface area contributed by atoms with E-state index in [0.717, 1.165) is 23.3 Å². The molecule has 0 bridgehead atoms. The van der Waals surface area contributed by atoms with Crippen LogP contribution >= 0.6 is 11.8 Å². The highest BCUT2D eigenvalue weighted by molar-refractivity contribution is 8.01. The van der Waals surface area contributed by atoms with E-state index in [1.165, 1.54) is 0 Å². The topological polar surface area (TPSA) is 69.3 Å². The number of imidazole rings is 1. The minimum absolute atomic E-state index is 0.0121. The Morgan fingerprint density at radius 2 is 2.29 bits per heavy atom. The summed E-state index contributed by atoms with van der Waals surface area (Å²) in [6.45, 7) is 2.47. The molecule has 126 valence electrons. The Labute approximate surface area is 144 Å². The van der Waals surface area contributed by atoms with Crippen LogP contribution in [0.4, 0.5) is 0 Å². The number of nitrogens with zero attached hydrogens (tertiary/aromatic N) is 3. The van der Waals surface area contributed by atoms with E-state index in [0.29, 0.717) is 18.7 Å². The molecule has 1 aromatic carbocycles. The summed E-state index contributed by atoms with van der Waals surface area (Å²) in [4.78, 5) is 36.1. The predicted octanol–water partition coefficient (Wildman–Crippen LogP) is 1.98. The molecule has 2 aromatic rings. The third kappa shape index (κ3) is 2.38. The van der Waals surface area contributed by atoms with Gasteiger partial charge in [0.1, 0.15) is 11.9 Å². The molecule has 6 nitrogen and oxygen atoms in total. The molecule has 2 atom stereocenters. The summed E-state index contributed by atoms with van der Waals surface area (Å²) in [5.74, 6) is 1.51. The Morgan fingerprint density at radius 3 is 3.08 bits per heavy atom. The van der Waals surface area contributed by atoms with Gasteiger partial charge in [0.2, 0.25) is 11.8 Å². The minimum Gasteiger partial charge on any atom is -0.340 e. The first-order valence-electron chi connectivity index (χ1n) is 8.13. The number of para-hydroxylation sites is 2. The zero-order valence-electron chi connectivity index (χ0n) is 13.8. The minimum atomic E-state index is -0.357. The number of benzene rings is 1. The van der Waals surface area contributed by atoms with Crippen LogP contribution in [-0.4, -0.2) is 55.3 Å². The number of fused-ring (bicyclic) bond motifs is 2. The lowest BCUT2D eigenvalue weighted by Crippen LogP contribution is -2.50. The standard InChI is InChI=1S/C17H20N4O2S/c1-17-8-7-15(22)21(17)13(10-24-17)16(23)20(2)9-14-18-11-5-3-4-6-12(11)19-14/h3-6,13H,7-10H2,1-2H3,(H,18,19). The van der Waals surface area contributed by atoms with Crippen molar-refractivity contribution in [1.29, 1.82) is 0 Å². The molecule has 1 N–H and O–H groups in total. The number of carbonyl (C=O) groups excluding carboxylic acids is 2. The van der Waals surface area contributed by atoms with Gasteiger partial charge in [0, 0.05) is 19.2 Å². The number of nitrogens with one attached hydrogen (secondary N) is 1. The fraction of sp³-hybridized carbons (Fsp3) is 0.471. The van der Waals surface area contributed by atoms with Crippen LogP contribution in [0.2, 0.25) is 0 Å². The fourth-order valence-electron chi connectivity index (χ4n) is 3.64. The number of thioether (sulfide) groups is 1. The number of likely N-dealkylation sites (N-methyl/N-ethyl adjacent to an activating group) is 1. The summed E-state index contributed by atoms with van der Waals surface area (Å²) in [7, 11) is 1.77. The Kier molecular flexibility index (Phi) is 3.56. The molecule has 24 heavy (non-hydrogen) atoms. The monoisotopic (exact) mass is 344 g/mol. The largest absolute Gasteiger partial charge is 0.340 e. The quantitative estimate of drug-likeness (QED) is 0.924. The van der Waals surface area contributed by atoms with Crippen LogP contribution in [0.25, 0.3) is 11.0 Å². The molecule has 0 spiro atoms. The van der Waals surface area contributed by atoms with E-state index in [4.69, 9.17) is 0 Å². The number of aromatic amines is 1. The summed E-state index contributed by atoms with van der Waals surface area (Å²) in [6, 6.07) is 7.45. The first kappa shape index (κ1) is 15.5. The molecule has 2 saturated heterocycles. The summed E-state index contributed by atoms with van der Waals surface area (Å²) < 4.78 is 0. The molecule has 0 radical (unpaired) electrons. The number of hydrogen-bond donors (Lipinski definition) is 1. The van der Waals surface area contributed by atoms with Crippen LogP contribution in [0, 0.1) is 0 Å². The van der Waals surface area contributed by atoms with E-state index in [1.807, 2.05) is 24.3 Å². The van der Waals surface area contributed by atoms with E-state index in [1.54, 1.807) is 28.6 Å². The maximum atomic E-state index is 12.9. The van der Waals surface area contributed by atoms with E-state index in [9.17, 15) is 9.59 Å². The van der Waals surface area contributed by atoms with Crippen LogP contribution in [0.15, 0.2) is 24.3 Å². The average Bonchev–Trinajstić information content (AvgIpc) is 3.20. The number of carbonyl (C=O) groups is 2. The highest BCUT2D eigenvalue weighted by Gasteiger charge is 2.53. The Hall–Kier alpha value is -2.02. The van der Waals surface area contributed by atoms with E-state index in [2.05, 4.69) is 16.9 Å². The van der Waals surface area contributed by atoms with Gasteiger partial charge in [-0.1, -0.05) is 12.1 Å². The van der Waals surface area contributed by atoms with Crippen LogP contribution in [0.5, 0.6) is 0 Å². The number of H-pyrrole nitrogens is 1. The normalized spacial score (nSPS) is 26.2. The van der Waals surface area contributed by atoms with E-state index >= 15 is 0 Å². The summed E-state index contributed by atoms with van der Waals surface area (Å²) in [6.07, 6.45) is 1.37. The second-order valence-corrected chi connectivity index (χ2v) is 8.16. The third-order valence-corrected chi connectivity index (χ3v) is 6.44. The second kappa shape index (κ2) is 5.51. The van der Waals surface area contributed by atoms with Gasteiger partial charge in [0.05, 0.1) is 22.4 Å². The zero-order valence-corrected chi connectivity index (χ0v) is 14.6. The van der Waals surface area contributed by atoms with Gasteiger partial charge in [-0.25, -0.2) is 4.98 Å². The number of amides is 2. The first-order valence-corrected chi connectivity index (χ1v) is 9.11. The third-order valence-electron chi connectivity index (χ3n) is 4.93. The van der Waals surface area contributed by atoms with Crippen LogP contribution in [0.3, 0.4) is 0 Å². The van der Waals surface area contributed by atoms with Gasteiger partial charge in [0.15, 0.2) is 0 Å². The fourth-order valence-corrected chi connectivity index (χ4v) is 5.06. The van der Waals surface area contributed by atoms with Crippen molar-refractivity contribution in [3.63, 3.8) is 0 Å². The molecule has 3 heterocycles. The lowest BCUT2D eigenvalue weighted by Gasteiger charge is -2.31. The molecule has 1 aromatic heterocycles. The predicted molar refractivity (Wildman–Crippen MR) is 93.3 cm³/mol. The first-order chi connectivity index (χ1) is 11.5. The van der Waals surface area contributed by atoms with Gasteiger partial charge in [-0.05, 0) is 25.5 Å². The highest BCUT2D eigenvalue weighted by Crippen LogP contribution is 2.47. The molecule has 4 rings (SSSR count). The van der Waals surface area contributed by atoms with Crippen LogP contribution in [0.1, 0.15) is 25.6 Å². The van der Waals surface area contributed by atoms with Crippen molar-refractivity contribution in [3.05, 3.63) is 30.1 Å². The lowest BCUT2D eigenvalue weighted by atomic mass is 10.2. The van der Waals surface area contributed by atoms with Crippen molar-refractivity contribution in [3.8, 4) is 0 Å². The van der Waals surface area contributed by atoms with E-state index < -0.39 is 0 Å². The Morgan fingerprint density at radius 1 is 1.50 bits per heavy atom. The molecular formula is C17H20N4O2S. The van der Waals surface area contributed by atoms with Crippen LogP contribution in [-0.2, 0) is 16.1 Å². The molecule has 2 unspecified atom stereocenters. The van der Waals surface area contributed by atoms with Crippen LogP contribution < -0.4 is 0 Å². The summed E-state index contributed by atoms with van der Waals surface area (Å²) in [5, 5.41) is 0. The Balaban J connectivity index is 1.51. The number of aromatic nitrogens is 2. The van der Waals surface area contributed by atoms with Gasteiger partial charge < -0.3 is 14.8 Å². The van der Waals surface area contributed by atoms with Crippen molar-refractivity contribution in [1.82, 2.24) is 19.8 Å². The van der Waals surface area contributed by atoms with Gasteiger partial charge in [0.25, 0.3) is 0 Å². The lowest BCUT2D eigenvalue weighted by molar-refractivity contribution is -0.143. The molecule has 2 fully saturated rings. The maximum Gasteiger partial charge on any atom is 0.246 e. The van der Waals surface area contributed by atoms with Crippen molar-refractivity contribution in [2.75, 3.05) is 12.8 Å². The van der Waals surface area contributed by atoms with Gasteiger partial charge in [-0.2, -0.15) is 0 Å². The second-order valence-electron chi connectivity index (χ2n) is 6.66. The summed E-state index contributed by atoms with van der Waals surface area (Å²) >= 11 is 1.72. The van der Waals surface area contributed by atoms with Crippen molar-refractivity contribution < 1.29 is 9.59 Å². The number of rotatable bonds is 3. The van der Waals surface area contributed by atoms with Crippen molar-refractivity contribution in [2.45, 2.75) is 37.2 Å². The van der Waals surface area contributed by atoms with Crippen molar-refractivity contribution in [2.24, 2.45) is 0 Å². The molecule has 2 aliphatic rings. The van der Waals surface area contributed by atoms with E-state index in [-0.39, 0.29) is 22.7 Å². The molecule has 7 heteroatoms. The Bertz CT molecular complexity index is 787. The number of hydrogen-bond acceptors (Lipinski definition) is 4. The van der Waals surface area contributed by atoms with Crippen molar-refractivity contribution >= 4 is 34.6 Å². The maximum absolute atomic E-state index is 12.9. The SMILES string of the molecule is CN(Cc1nc2ccccc2[nH]1)C(=O)C1CSC2(C)CCC(=O)N12. The molecule has 0 aliphatic carbocycles. The molecule has 2 amide bonds. The molecule has 0 saturated carbocycles. The molecule has 2 aliphatic heterocycles. The zero-order chi connectivity index (χ0) is 16.9.